The van der Waals surface area contributed by atoms with Gasteiger partial charge in [0.25, 0.3) is 5.91 Å². The first kappa shape index (κ1) is 15.5. The Kier molecular flexibility index (Phi) is 5.37. The predicted molar refractivity (Wildman–Crippen MR) is 81.4 cm³/mol. The summed E-state index contributed by atoms with van der Waals surface area (Å²) in [6.45, 7) is 2.69. The number of likely N-dealkylation sites (tertiary alicyclic amines) is 1. The minimum Gasteiger partial charge on any atom is -0.480 e. The molecule has 1 amide bonds. The Morgan fingerprint density at radius 1 is 1.24 bits per heavy atom. The van der Waals surface area contributed by atoms with Crippen LogP contribution in [0.15, 0.2) is 24.3 Å². The molecule has 1 aliphatic rings. The smallest absolute Gasteiger partial charge is 0.326 e. The van der Waals surface area contributed by atoms with Crippen LogP contribution in [-0.4, -0.2) is 34.5 Å². The van der Waals surface area contributed by atoms with Gasteiger partial charge in [0.15, 0.2) is 0 Å². The van der Waals surface area contributed by atoms with Gasteiger partial charge in [-0.2, -0.15) is 0 Å². The molecule has 0 bridgehead atoms. The first-order chi connectivity index (χ1) is 10.1. The molecule has 1 N–H and O–H groups in total. The van der Waals surface area contributed by atoms with Crippen molar-refractivity contribution in [1.82, 2.24) is 4.90 Å². The predicted octanol–water partition coefficient (Wildman–Crippen LogP) is 3.11. The molecular weight excluding hydrogens is 266 g/mol. The van der Waals surface area contributed by atoms with Gasteiger partial charge in [-0.05, 0) is 49.8 Å². The molecule has 1 heterocycles. The number of unbranched alkanes of at least 4 members (excludes halogenated alkanes) is 1. The van der Waals surface area contributed by atoms with Gasteiger partial charge in [-0.3, -0.25) is 4.79 Å². The molecule has 0 aromatic heterocycles. The monoisotopic (exact) mass is 289 g/mol. The van der Waals surface area contributed by atoms with Gasteiger partial charge < -0.3 is 10.0 Å². The zero-order valence-electron chi connectivity index (χ0n) is 12.5. The summed E-state index contributed by atoms with van der Waals surface area (Å²) in [6.07, 6.45) is 5.61. The SMILES string of the molecule is CCCCc1ccc(C(=O)N2CCCC[C@@H]2C(=O)O)cc1. The quantitative estimate of drug-likeness (QED) is 0.906. The molecule has 114 valence electrons. The van der Waals surface area contributed by atoms with Crippen LogP contribution in [0.3, 0.4) is 0 Å². The lowest BCUT2D eigenvalue weighted by molar-refractivity contribution is -0.143. The summed E-state index contributed by atoms with van der Waals surface area (Å²) in [5.41, 5.74) is 1.81. The number of piperidine rings is 1. The van der Waals surface area contributed by atoms with Gasteiger partial charge in [0.2, 0.25) is 0 Å². The number of carbonyl (C=O) groups excluding carboxylic acids is 1. The number of amides is 1. The summed E-state index contributed by atoms with van der Waals surface area (Å²) in [5.74, 6) is -1.06. The Hall–Kier alpha value is -1.84. The number of rotatable bonds is 5. The fourth-order valence-electron chi connectivity index (χ4n) is 2.79. The Labute approximate surface area is 125 Å². The summed E-state index contributed by atoms with van der Waals surface area (Å²) < 4.78 is 0. The summed E-state index contributed by atoms with van der Waals surface area (Å²) in [5, 5.41) is 9.25. The molecule has 0 spiro atoms. The van der Waals surface area contributed by atoms with Crippen molar-refractivity contribution in [3.8, 4) is 0 Å². The Balaban J connectivity index is 2.09. The number of nitrogens with zero attached hydrogens (tertiary/aromatic N) is 1. The molecule has 1 aromatic rings. The van der Waals surface area contributed by atoms with Crippen molar-refractivity contribution in [2.45, 2.75) is 51.5 Å². The summed E-state index contributed by atoms with van der Waals surface area (Å²) >= 11 is 0. The molecule has 0 radical (unpaired) electrons. The van der Waals surface area contributed by atoms with Crippen molar-refractivity contribution in [1.29, 1.82) is 0 Å². The van der Waals surface area contributed by atoms with E-state index in [0.717, 1.165) is 32.1 Å². The van der Waals surface area contributed by atoms with Crippen LogP contribution in [0.1, 0.15) is 54.9 Å². The summed E-state index contributed by atoms with van der Waals surface area (Å²) in [7, 11) is 0. The van der Waals surface area contributed by atoms with E-state index in [1.807, 2.05) is 24.3 Å². The van der Waals surface area contributed by atoms with E-state index in [-0.39, 0.29) is 5.91 Å². The van der Waals surface area contributed by atoms with Gasteiger partial charge in [-0.1, -0.05) is 25.5 Å². The molecule has 21 heavy (non-hydrogen) atoms. The van der Waals surface area contributed by atoms with Crippen LogP contribution in [0.4, 0.5) is 0 Å². The van der Waals surface area contributed by atoms with Crippen molar-refractivity contribution in [2.75, 3.05) is 6.54 Å². The van der Waals surface area contributed by atoms with Crippen LogP contribution in [0.5, 0.6) is 0 Å². The van der Waals surface area contributed by atoms with Crippen molar-refractivity contribution in [3.05, 3.63) is 35.4 Å². The minimum absolute atomic E-state index is 0.163. The molecule has 0 saturated carbocycles. The molecule has 0 aliphatic carbocycles. The maximum absolute atomic E-state index is 12.5. The van der Waals surface area contributed by atoms with E-state index in [2.05, 4.69) is 6.92 Å². The minimum atomic E-state index is -0.900. The van der Waals surface area contributed by atoms with E-state index in [1.54, 1.807) is 0 Å². The van der Waals surface area contributed by atoms with Crippen LogP contribution in [0, 0.1) is 0 Å². The van der Waals surface area contributed by atoms with Gasteiger partial charge in [0, 0.05) is 12.1 Å². The fourth-order valence-corrected chi connectivity index (χ4v) is 2.79. The first-order valence-electron chi connectivity index (χ1n) is 7.76. The van der Waals surface area contributed by atoms with Crippen molar-refractivity contribution in [3.63, 3.8) is 0 Å². The second kappa shape index (κ2) is 7.25. The third kappa shape index (κ3) is 3.84. The number of hydrogen-bond donors (Lipinski definition) is 1. The number of aryl methyl sites for hydroxylation is 1. The number of hydrogen-bond acceptors (Lipinski definition) is 2. The lowest BCUT2D eigenvalue weighted by atomic mass is 10.00. The van der Waals surface area contributed by atoms with Gasteiger partial charge in [0.05, 0.1) is 0 Å². The summed E-state index contributed by atoms with van der Waals surface area (Å²) in [6, 6.07) is 6.92. The standard InChI is InChI=1S/C17H23NO3/c1-2-3-6-13-8-10-14(11-9-13)16(19)18-12-5-4-7-15(18)17(20)21/h8-11,15H,2-7,12H2,1H3,(H,20,21)/t15-/m1/s1. The lowest BCUT2D eigenvalue weighted by Gasteiger charge is -2.33. The first-order valence-corrected chi connectivity index (χ1v) is 7.76. The third-order valence-electron chi connectivity index (χ3n) is 4.07. The van der Waals surface area contributed by atoms with E-state index >= 15 is 0 Å². The molecule has 4 nitrogen and oxygen atoms in total. The largest absolute Gasteiger partial charge is 0.480 e. The molecule has 1 aliphatic heterocycles. The van der Waals surface area contributed by atoms with E-state index < -0.39 is 12.0 Å². The topological polar surface area (TPSA) is 57.6 Å². The van der Waals surface area contributed by atoms with Gasteiger partial charge in [0.1, 0.15) is 6.04 Å². The van der Waals surface area contributed by atoms with E-state index in [0.29, 0.717) is 18.5 Å². The molecular formula is C17H23NO3. The van der Waals surface area contributed by atoms with Crippen molar-refractivity contribution < 1.29 is 14.7 Å². The molecule has 1 aromatic carbocycles. The molecule has 0 unspecified atom stereocenters. The second-order valence-corrected chi connectivity index (χ2v) is 5.65. The molecule has 1 fully saturated rings. The molecule has 4 heteroatoms. The van der Waals surface area contributed by atoms with E-state index in [1.165, 1.54) is 10.5 Å². The van der Waals surface area contributed by atoms with Crippen molar-refractivity contribution >= 4 is 11.9 Å². The highest BCUT2D eigenvalue weighted by molar-refractivity contribution is 5.96. The average Bonchev–Trinajstić information content (AvgIpc) is 2.52. The maximum Gasteiger partial charge on any atom is 0.326 e. The molecule has 2 rings (SSSR count). The number of carboxylic acid groups (broad SMARTS) is 1. The summed E-state index contributed by atoms with van der Waals surface area (Å²) in [4.78, 5) is 25.3. The van der Waals surface area contributed by atoms with Crippen LogP contribution in [0.25, 0.3) is 0 Å². The number of aliphatic carboxylic acids is 1. The highest BCUT2D eigenvalue weighted by atomic mass is 16.4. The van der Waals surface area contributed by atoms with Gasteiger partial charge in [-0.15, -0.1) is 0 Å². The van der Waals surface area contributed by atoms with Crippen LogP contribution < -0.4 is 0 Å². The van der Waals surface area contributed by atoms with Crippen LogP contribution in [0.2, 0.25) is 0 Å². The number of benzene rings is 1. The molecule has 1 saturated heterocycles. The second-order valence-electron chi connectivity index (χ2n) is 5.65. The van der Waals surface area contributed by atoms with Gasteiger partial charge in [-0.25, -0.2) is 4.79 Å². The number of carboxylic acids is 1. The normalized spacial score (nSPS) is 18.5. The maximum atomic E-state index is 12.5. The van der Waals surface area contributed by atoms with Crippen molar-refractivity contribution in [2.24, 2.45) is 0 Å². The Morgan fingerprint density at radius 2 is 1.95 bits per heavy atom. The highest BCUT2D eigenvalue weighted by Crippen LogP contribution is 2.20. The van der Waals surface area contributed by atoms with E-state index in [4.69, 9.17) is 0 Å². The fraction of sp³-hybridized carbons (Fsp3) is 0.529. The van der Waals surface area contributed by atoms with Crippen LogP contribution >= 0.6 is 0 Å². The Bertz CT molecular complexity index is 495. The lowest BCUT2D eigenvalue weighted by Crippen LogP contribution is -2.47. The zero-order chi connectivity index (χ0) is 15.2. The highest BCUT2D eigenvalue weighted by Gasteiger charge is 2.32. The van der Waals surface area contributed by atoms with Crippen LogP contribution in [-0.2, 0) is 11.2 Å². The molecule has 1 atom stereocenters. The van der Waals surface area contributed by atoms with Gasteiger partial charge >= 0.3 is 5.97 Å². The average molecular weight is 289 g/mol. The zero-order valence-corrected chi connectivity index (χ0v) is 12.5. The number of carbonyl (C=O) groups is 2. The van der Waals surface area contributed by atoms with E-state index in [9.17, 15) is 14.7 Å². The third-order valence-corrected chi connectivity index (χ3v) is 4.07. The Morgan fingerprint density at radius 3 is 2.57 bits per heavy atom.